The van der Waals surface area contributed by atoms with Crippen LogP contribution in [0.3, 0.4) is 0 Å². The zero-order valence-corrected chi connectivity index (χ0v) is 11.5. The molecule has 0 aliphatic rings. The fourth-order valence-corrected chi connectivity index (χ4v) is 2.29. The molecule has 0 atom stereocenters. The minimum atomic E-state index is -0.669. The molecule has 0 radical (unpaired) electrons. The Hall–Kier alpha value is -0.970. The predicted octanol–water partition coefficient (Wildman–Crippen LogP) is 4.51. The number of rotatable bonds is 2. The smallest absolute Gasteiger partial charge is 0.148 e. The van der Waals surface area contributed by atoms with Gasteiger partial charge in [0, 0.05) is 17.1 Å². The summed E-state index contributed by atoms with van der Waals surface area (Å²) in [7, 11) is 0. The molecule has 18 heavy (non-hydrogen) atoms. The van der Waals surface area contributed by atoms with E-state index in [-0.39, 0.29) is 15.1 Å². The number of hydrogen-bond donors (Lipinski definition) is 1. The summed E-state index contributed by atoms with van der Waals surface area (Å²) in [4.78, 5) is 0. The van der Waals surface area contributed by atoms with Crippen LogP contribution in [-0.4, -0.2) is 0 Å². The second-order valence-corrected chi connectivity index (χ2v) is 5.00. The first-order chi connectivity index (χ1) is 8.54. The maximum absolute atomic E-state index is 13.9. The third-order valence-corrected chi connectivity index (χ3v) is 3.51. The van der Waals surface area contributed by atoms with Crippen LogP contribution in [0.4, 0.5) is 8.78 Å². The molecule has 0 bridgehead atoms. The second-order valence-electron chi connectivity index (χ2n) is 3.74. The van der Waals surface area contributed by atoms with Crippen molar-refractivity contribution in [1.29, 1.82) is 0 Å². The molecule has 0 amide bonds. The molecular weight excluding hydrogens is 324 g/mol. The summed E-state index contributed by atoms with van der Waals surface area (Å²) in [5.74, 6) is -1.32. The average Bonchev–Trinajstić information content (AvgIpc) is 2.36. The molecule has 2 N–H and O–H groups in total. The minimum Gasteiger partial charge on any atom is -0.326 e. The van der Waals surface area contributed by atoms with Crippen LogP contribution in [-0.2, 0) is 6.54 Å². The summed E-state index contributed by atoms with van der Waals surface area (Å²) >= 11 is 9.06. The second kappa shape index (κ2) is 5.34. The Labute approximate surface area is 117 Å². The van der Waals surface area contributed by atoms with Gasteiger partial charge in [0.25, 0.3) is 0 Å². The monoisotopic (exact) mass is 331 g/mol. The third-order valence-electron chi connectivity index (χ3n) is 2.58. The molecule has 0 fully saturated rings. The molecule has 2 rings (SSSR count). The molecule has 2 aromatic rings. The van der Waals surface area contributed by atoms with E-state index >= 15 is 0 Å². The summed E-state index contributed by atoms with van der Waals surface area (Å²) < 4.78 is 27.9. The molecule has 1 nitrogen and oxygen atoms in total. The molecule has 0 saturated heterocycles. The van der Waals surface area contributed by atoms with Crippen molar-refractivity contribution in [1.82, 2.24) is 0 Å². The van der Waals surface area contributed by atoms with Crippen molar-refractivity contribution in [3.05, 3.63) is 57.0 Å². The number of halogens is 4. The van der Waals surface area contributed by atoms with Crippen molar-refractivity contribution in [3.63, 3.8) is 0 Å². The van der Waals surface area contributed by atoms with Crippen molar-refractivity contribution in [2.75, 3.05) is 0 Å². The predicted molar refractivity (Wildman–Crippen MR) is 72.4 cm³/mol. The third kappa shape index (κ3) is 2.41. The van der Waals surface area contributed by atoms with Gasteiger partial charge in [-0.2, -0.15) is 0 Å². The molecule has 94 valence electrons. The van der Waals surface area contributed by atoms with Crippen LogP contribution in [0.15, 0.2) is 34.8 Å². The summed E-state index contributed by atoms with van der Waals surface area (Å²) in [6.45, 7) is 0.323. The highest BCUT2D eigenvalue weighted by molar-refractivity contribution is 9.10. The molecule has 0 heterocycles. The SMILES string of the molecule is NCc1ccc(-c2c(F)ccc(Br)c2F)c(Cl)c1. The summed E-state index contributed by atoms with van der Waals surface area (Å²) in [5.41, 5.74) is 6.45. The van der Waals surface area contributed by atoms with Gasteiger partial charge in [-0.05, 0) is 39.7 Å². The van der Waals surface area contributed by atoms with Crippen molar-refractivity contribution < 1.29 is 8.78 Å². The van der Waals surface area contributed by atoms with Gasteiger partial charge in [-0.15, -0.1) is 0 Å². The fraction of sp³-hybridized carbons (Fsp3) is 0.0769. The van der Waals surface area contributed by atoms with Gasteiger partial charge < -0.3 is 5.73 Å². The lowest BCUT2D eigenvalue weighted by Crippen LogP contribution is -1.97. The van der Waals surface area contributed by atoms with E-state index in [1.807, 2.05) is 0 Å². The van der Waals surface area contributed by atoms with Crippen LogP contribution in [0.1, 0.15) is 5.56 Å². The fourth-order valence-electron chi connectivity index (χ4n) is 1.66. The number of nitrogens with two attached hydrogens (primary N) is 1. The van der Waals surface area contributed by atoms with Crippen LogP contribution in [0.2, 0.25) is 5.02 Å². The standard InChI is InChI=1S/C13H9BrClF2N/c14-9-3-4-11(16)12(13(9)17)8-2-1-7(6-18)5-10(8)15/h1-5H,6,18H2. The van der Waals surface area contributed by atoms with Gasteiger partial charge in [0.15, 0.2) is 0 Å². The molecule has 0 aromatic heterocycles. The lowest BCUT2D eigenvalue weighted by Gasteiger charge is -2.09. The highest BCUT2D eigenvalue weighted by Crippen LogP contribution is 2.35. The first-order valence-electron chi connectivity index (χ1n) is 5.17. The van der Waals surface area contributed by atoms with E-state index in [4.69, 9.17) is 17.3 Å². The van der Waals surface area contributed by atoms with E-state index < -0.39 is 11.6 Å². The Kier molecular flexibility index (Phi) is 4.00. The largest absolute Gasteiger partial charge is 0.326 e. The first-order valence-corrected chi connectivity index (χ1v) is 6.34. The lowest BCUT2D eigenvalue weighted by molar-refractivity contribution is 0.585. The van der Waals surface area contributed by atoms with Crippen LogP contribution in [0, 0.1) is 11.6 Å². The van der Waals surface area contributed by atoms with Gasteiger partial charge in [0.1, 0.15) is 11.6 Å². The van der Waals surface area contributed by atoms with Crippen LogP contribution in [0.5, 0.6) is 0 Å². The zero-order chi connectivity index (χ0) is 13.3. The molecule has 2 aromatic carbocycles. The summed E-state index contributed by atoms with van der Waals surface area (Å²) in [5, 5.41) is 0.272. The van der Waals surface area contributed by atoms with Gasteiger partial charge in [-0.3, -0.25) is 0 Å². The van der Waals surface area contributed by atoms with Crippen LogP contribution in [0.25, 0.3) is 11.1 Å². The Morgan fingerprint density at radius 1 is 1.17 bits per heavy atom. The van der Waals surface area contributed by atoms with E-state index in [1.54, 1.807) is 18.2 Å². The Bertz CT molecular complexity index is 602. The summed E-state index contributed by atoms with van der Waals surface area (Å²) in [6.07, 6.45) is 0. The molecule has 5 heteroatoms. The van der Waals surface area contributed by atoms with E-state index in [2.05, 4.69) is 15.9 Å². The number of benzene rings is 2. The molecular formula is C13H9BrClF2N. The quantitative estimate of drug-likeness (QED) is 0.805. The summed E-state index contributed by atoms with van der Waals surface area (Å²) in [6, 6.07) is 7.38. The van der Waals surface area contributed by atoms with E-state index in [0.717, 1.165) is 5.56 Å². The van der Waals surface area contributed by atoms with Crippen LogP contribution >= 0.6 is 27.5 Å². The van der Waals surface area contributed by atoms with Gasteiger partial charge >= 0.3 is 0 Å². The topological polar surface area (TPSA) is 26.0 Å². The van der Waals surface area contributed by atoms with E-state index in [0.29, 0.717) is 12.1 Å². The lowest BCUT2D eigenvalue weighted by atomic mass is 10.0. The Morgan fingerprint density at radius 3 is 2.50 bits per heavy atom. The van der Waals surface area contributed by atoms with Crippen molar-refractivity contribution in [2.24, 2.45) is 5.73 Å². The molecule has 0 unspecified atom stereocenters. The van der Waals surface area contributed by atoms with Gasteiger partial charge in [0.2, 0.25) is 0 Å². The van der Waals surface area contributed by atoms with E-state index in [1.165, 1.54) is 12.1 Å². The maximum Gasteiger partial charge on any atom is 0.148 e. The average molecular weight is 333 g/mol. The van der Waals surface area contributed by atoms with Crippen LogP contribution < -0.4 is 5.73 Å². The Morgan fingerprint density at radius 2 is 1.89 bits per heavy atom. The Balaban J connectivity index is 2.66. The molecule has 0 aliphatic carbocycles. The van der Waals surface area contributed by atoms with Gasteiger partial charge in [0.05, 0.1) is 10.0 Å². The molecule has 0 spiro atoms. The maximum atomic E-state index is 13.9. The molecule has 0 saturated carbocycles. The van der Waals surface area contributed by atoms with E-state index in [9.17, 15) is 8.78 Å². The van der Waals surface area contributed by atoms with Crippen molar-refractivity contribution in [3.8, 4) is 11.1 Å². The number of hydrogen-bond acceptors (Lipinski definition) is 1. The van der Waals surface area contributed by atoms with Crippen molar-refractivity contribution >= 4 is 27.5 Å². The highest BCUT2D eigenvalue weighted by atomic mass is 79.9. The van der Waals surface area contributed by atoms with Gasteiger partial charge in [-0.1, -0.05) is 23.7 Å². The van der Waals surface area contributed by atoms with Gasteiger partial charge in [-0.25, -0.2) is 8.78 Å². The van der Waals surface area contributed by atoms with Crippen molar-refractivity contribution in [2.45, 2.75) is 6.54 Å². The minimum absolute atomic E-state index is 0.141. The highest BCUT2D eigenvalue weighted by Gasteiger charge is 2.16. The normalized spacial score (nSPS) is 10.7. The zero-order valence-electron chi connectivity index (χ0n) is 9.18. The first kappa shape index (κ1) is 13.5. The molecule has 0 aliphatic heterocycles.